The van der Waals surface area contributed by atoms with E-state index in [9.17, 15) is 0 Å². The maximum Gasteiger partial charge on any atom is 0.176 e. The van der Waals surface area contributed by atoms with Crippen molar-refractivity contribution in [2.75, 3.05) is 0 Å². The molecule has 0 bridgehead atoms. The van der Waals surface area contributed by atoms with E-state index in [1.807, 2.05) is 0 Å². The Hall–Kier alpha value is -3.33. The molecule has 0 unspecified atom stereocenters. The third kappa shape index (κ3) is 2.58. The van der Waals surface area contributed by atoms with Crippen LogP contribution in [0.3, 0.4) is 0 Å². The number of aromatic amines is 2. The van der Waals surface area contributed by atoms with Crippen LogP contribution in [0, 0.1) is 0 Å². The molecule has 5 rings (SSSR count). The minimum atomic E-state index is 0.956. The predicted molar refractivity (Wildman–Crippen MR) is 106 cm³/mol. The number of pyridine rings is 1. The van der Waals surface area contributed by atoms with Crippen molar-refractivity contribution in [1.82, 2.24) is 9.97 Å². The fraction of sp³-hybridized carbons (Fsp3) is 0.0870. The second-order valence-electron chi connectivity index (χ2n) is 6.69. The summed E-state index contributed by atoms with van der Waals surface area (Å²) in [5.74, 6) is 0. The first-order valence-corrected chi connectivity index (χ1v) is 8.99. The summed E-state index contributed by atoms with van der Waals surface area (Å²) in [4.78, 5) is 6.73. The van der Waals surface area contributed by atoms with Crippen LogP contribution in [0.1, 0.15) is 5.56 Å². The molecule has 0 spiro atoms. The lowest BCUT2D eigenvalue weighted by atomic mass is 10.1. The van der Waals surface area contributed by atoms with Crippen molar-refractivity contribution in [3.8, 4) is 11.1 Å². The standard InChI is InChI=1S/C23H20N3/c1-3-9-22-19(7-1)17(14-24-22)11-13-26-12-5-6-18(16-26)21-15-25-23-10-4-2-8-20(21)23/h1-10,12,14-16,24-25H,11,13H2/q+1. The molecular weight excluding hydrogens is 318 g/mol. The summed E-state index contributed by atoms with van der Waals surface area (Å²) in [6.07, 6.45) is 9.63. The fourth-order valence-corrected chi connectivity index (χ4v) is 3.72. The van der Waals surface area contributed by atoms with Gasteiger partial charge in [-0.3, -0.25) is 0 Å². The SMILES string of the molecule is c1ccc2c(CC[n+]3cccc(-c4c[nH]c5ccccc45)c3)c[nH]c2c1. The second-order valence-corrected chi connectivity index (χ2v) is 6.69. The summed E-state index contributed by atoms with van der Waals surface area (Å²) in [6, 6.07) is 21.2. The molecule has 0 amide bonds. The number of aromatic nitrogens is 3. The van der Waals surface area contributed by atoms with Gasteiger partial charge in [-0.25, -0.2) is 4.57 Å². The van der Waals surface area contributed by atoms with Crippen LogP contribution in [0.15, 0.2) is 85.5 Å². The van der Waals surface area contributed by atoms with Crippen LogP contribution in [-0.4, -0.2) is 9.97 Å². The third-order valence-corrected chi connectivity index (χ3v) is 5.07. The Morgan fingerprint density at radius 2 is 1.46 bits per heavy atom. The Kier molecular flexibility index (Phi) is 3.56. The van der Waals surface area contributed by atoms with Crippen molar-refractivity contribution >= 4 is 21.8 Å². The largest absolute Gasteiger partial charge is 0.361 e. The maximum absolute atomic E-state index is 3.37. The molecule has 0 aliphatic heterocycles. The van der Waals surface area contributed by atoms with Crippen molar-refractivity contribution in [2.45, 2.75) is 13.0 Å². The van der Waals surface area contributed by atoms with E-state index in [2.05, 4.69) is 100.0 Å². The minimum Gasteiger partial charge on any atom is -0.361 e. The molecule has 2 N–H and O–H groups in total. The number of nitrogens with one attached hydrogen (secondary N) is 2. The van der Waals surface area contributed by atoms with Crippen LogP contribution in [0.25, 0.3) is 32.9 Å². The minimum absolute atomic E-state index is 0.956. The summed E-state index contributed by atoms with van der Waals surface area (Å²) < 4.78 is 2.28. The van der Waals surface area contributed by atoms with Gasteiger partial charge in [0.15, 0.2) is 18.9 Å². The van der Waals surface area contributed by atoms with E-state index in [4.69, 9.17) is 0 Å². The predicted octanol–water partition coefficient (Wildman–Crippen LogP) is 4.85. The molecule has 3 aromatic heterocycles. The van der Waals surface area contributed by atoms with E-state index in [1.165, 1.54) is 38.5 Å². The maximum atomic E-state index is 3.37. The van der Waals surface area contributed by atoms with Gasteiger partial charge in [-0.1, -0.05) is 36.4 Å². The number of para-hydroxylation sites is 2. The normalized spacial score (nSPS) is 11.4. The first-order valence-electron chi connectivity index (χ1n) is 8.99. The van der Waals surface area contributed by atoms with E-state index >= 15 is 0 Å². The fourth-order valence-electron chi connectivity index (χ4n) is 3.72. The molecular formula is C23H20N3+. The molecule has 3 heteroatoms. The number of rotatable bonds is 4. The van der Waals surface area contributed by atoms with Gasteiger partial charge in [-0.05, 0) is 23.8 Å². The lowest BCUT2D eigenvalue weighted by Gasteiger charge is -2.01. The topological polar surface area (TPSA) is 35.5 Å². The monoisotopic (exact) mass is 338 g/mol. The van der Waals surface area contributed by atoms with Gasteiger partial charge in [0.05, 0.1) is 0 Å². The number of benzene rings is 2. The van der Waals surface area contributed by atoms with Crippen LogP contribution in [0.2, 0.25) is 0 Å². The van der Waals surface area contributed by atoms with Gasteiger partial charge in [-0.2, -0.15) is 0 Å². The highest BCUT2D eigenvalue weighted by molar-refractivity contribution is 5.95. The highest BCUT2D eigenvalue weighted by atomic mass is 14.9. The molecule has 0 saturated heterocycles. The quantitative estimate of drug-likeness (QED) is 0.440. The van der Waals surface area contributed by atoms with Gasteiger partial charge in [0.2, 0.25) is 0 Å². The summed E-state index contributed by atoms with van der Waals surface area (Å²) in [7, 11) is 0. The highest BCUT2D eigenvalue weighted by Crippen LogP contribution is 2.27. The van der Waals surface area contributed by atoms with E-state index < -0.39 is 0 Å². The summed E-state index contributed by atoms with van der Waals surface area (Å²) in [6.45, 7) is 0.956. The number of H-pyrrole nitrogens is 2. The molecule has 0 fully saturated rings. The number of hydrogen-bond donors (Lipinski definition) is 2. The number of aryl methyl sites for hydroxylation is 2. The molecule has 3 heterocycles. The van der Waals surface area contributed by atoms with E-state index in [0.717, 1.165) is 13.0 Å². The summed E-state index contributed by atoms with van der Waals surface area (Å²) in [5, 5.41) is 2.59. The first-order chi connectivity index (χ1) is 12.9. The third-order valence-electron chi connectivity index (χ3n) is 5.07. The van der Waals surface area contributed by atoms with Gasteiger partial charge in [-0.15, -0.1) is 0 Å². The zero-order chi connectivity index (χ0) is 17.3. The molecule has 0 aliphatic carbocycles. The van der Waals surface area contributed by atoms with Crippen LogP contribution >= 0.6 is 0 Å². The zero-order valence-corrected chi connectivity index (χ0v) is 14.4. The Bertz CT molecular complexity index is 1200. The number of hydrogen-bond acceptors (Lipinski definition) is 0. The van der Waals surface area contributed by atoms with E-state index in [-0.39, 0.29) is 0 Å². The van der Waals surface area contributed by atoms with Gasteiger partial charge in [0.25, 0.3) is 0 Å². The lowest BCUT2D eigenvalue weighted by molar-refractivity contribution is -0.696. The molecule has 0 atom stereocenters. The molecule has 126 valence electrons. The van der Waals surface area contributed by atoms with Gasteiger partial charge in [0, 0.05) is 57.8 Å². The first kappa shape index (κ1) is 15.0. The molecule has 0 radical (unpaired) electrons. The van der Waals surface area contributed by atoms with Gasteiger partial charge in [0.1, 0.15) is 0 Å². The van der Waals surface area contributed by atoms with Crippen molar-refractivity contribution in [1.29, 1.82) is 0 Å². The van der Waals surface area contributed by atoms with Crippen molar-refractivity contribution < 1.29 is 4.57 Å². The van der Waals surface area contributed by atoms with Crippen LogP contribution in [0.4, 0.5) is 0 Å². The summed E-state index contributed by atoms with van der Waals surface area (Å²) in [5.41, 5.74) is 6.24. The van der Waals surface area contributed by atoms with Crippen molar-refractivity contribution in [2.24, 2.45) is 0 Å². The van der Waals surface area contributed by atoms with Crippen molar-refractivity contribution in [3.63, 3.8) is 0 Å². The van der Waals surface area contributed by atoms with Crippen LogP contribution in [-0.2, 0) is 13.0 Å². The highest BCUT2D eigenvalue weighted by Gasteiger charge is 2.11. The lowest BCUT2D eigenvalue weighted by Crippen LogP contribution is -2.33. The van der Waals surface area contributed by atoms with E-state index in [1.54, 1.807) is 0 Å². The Balaban J connectivity index is 1.43. The molecule has 26 heavy (non-hydrogen) atoms. The molecule has 0 aliphatic rings. The Morgan fingerprint density at radius 1 is 0.731 bits per heavy atom. The number of fused-ring (bicyclic) bond motifs is 2. The van der Waals surface area contributed by atoms with E-state index in [0.29, 0.717) is 0 Å². The molecule has 3 nitrogen and oxygen atoms in total. The average molecular weight is 338 g/mol. The summed E-state index contributed by atoms with van der Waals surface area (Å²) >= 11 is 0. The van der Waals surface area contributed by atoms with Gasteiger partial charge >= 0.3 is 0 Å². The van der Waals surface area contributed by atoms with Crippen molar-refractivity contribution in [3.05, 3.63) is 91.0 Å². The molecule has 0 saturated carbocycles. The smallest absolute Gasteiger partial charge is 0.176 e. The Labute approximate surface area is 151 Å². The molecule has 5 aromatic rings. The zero-order valence-electron chi connectivity index (χ0n) is 14.4. The average Bonchev–Trinajstić information content (AvgIpc) is 3.31. The second kappa shape index (κ2) is 6.19. The Morgan fingerprint density at radius 3 is 2.35 bits per heavy atom. The van der Waals surface area contributed by atoms with Crippen LogP contribution < -0.4 is 4.57 Å². The number of nitrogens with zero attached hydrogens (tertiary/aromatic N) is 1. The molecule has 2 aromatic carbocycles. The van der Waals surface area contributed by atoms with Gasteiger partial charge < -0.3 is 9.97 Å². The van der Waals surface area contributed by atoms with Crippen LogP contribution in [0.5, 0.6) is 0 Å².